The van der Waals surface area contributed by atoms with Crippen LogP contribution in [0.25, 0.3) is 5.76 Å². The number of nitrogens with zero attached hydrogens (tertiary/aromatic N) is 1. The Morgan fingerprint density at radius 3 is 2.47 bits per heavy atom. The predicted molar refractivity (Wildman–Crippen MR) is 124 cm³/mol. The van der Waals surface area contributed by atoms with Crippen LogP contribution in [0.3, 0.4) is 0 Å². The minimum atomic E-state index is -2.55. The number of ketones is 2. The Bertz CT molecular complexity index is 1180. The van der Waals surface area contributed by atoms with E-state index in [-0.39, 0.29) is 29.7 Å². The smallest absolute Gasteiger partial charge is 0.255 e. The van der Waals surface area contributed by atoms with Crippen molar-refractivity contribution in [2.75, 3.05) is 19.0 Å². The number of benzene rings is 1. The Kier molecular flexibility index (Phi) is 5.72. The third-order valence-electron chi connectivity index (χ3n) is 7.40. The van der Waals surface area contributed by atoms with Gasteiger partial charge in [0.05, 0.1) is 5.56 Å². The molecular formula is C25H30N2O7. The molecule has 3 aliphatic rings. The van der Waals surface area contributed by atoms with Crippen molar-refractivity contribution in [2.45, 2.75) is 51.0 Å². The van der Waals surface area contributed by atoms with Gasteiger partial charge in [-0.25, -0.2) is 0 Å². The number of carbonyl (C=O) groups excluding carboxylic acids is 3. The van der Waals surface area contributed by atoms with Gasteiger partial charge in [0.1, 0.15) is 22.8 Å². The number of aliphatic hydroxyl groups excluding tert-OH is 2. The molecular weight excluding hydrogens is 440 g/mol. The van der Waals surface area contributed by atoms with Gasteiger partial charge in [-0.3, -0.25) is 14.4 Å². The zero-order valence-corrected chi connectivity index (χ0v) is 19.5. The number of primary amides is 1. The Morgan fingerprint density at radius 1 is 1.21 bits per heavy atom. The van der Waals surface area contributed by atoms with Crippen molar-refractivity contribution in [3.8, 4) is 5.75 Å². The van der Waals surface area contributed by atoms with Crippen LogP contribution < -0.4 is 10.6 Å². The molecule has 1 aromatic rings. The van der Waals surface area contributed by atoms with Crippen molar-refractivity contribution in [3.63, 3.8) is 0 Å². The molecule has 4 rings (SSSR count). The van der Waals surface area contributed by atoms with E-state index < -0.39 is 52.0 Å². The fourth-order valence-corrected chi connectivity index (χ4v) is 5.68. The summed E-state index contributed by atoms with van der Waals surface area (Å²) in [5.74, 6) is -6.09. The van der Waals surface area contributed by atoms with Gasteiger partial charge in [0, 0.05) is 37.7 Å². The highest BCUT2D eigenvalue weighted by molar-refractivity contribution is 6.22. The summed E-state index contributed by atoms with van der Waals surface area (Å²) >= 11 is 0. The van der Waals surface area contributed by atoms with Crippen LogP contribution in [0.1, 0.15) is 49.3 Å². The number of aromatic hydroxyl groups is 1. The second kappa shape index (κ2) is 8.16. The molecule has 0 heterocycles. The summed E-state index contributed by atoms with van der Waals surface area (Å²) in [6.45, 7) is 2.03. The number of aryl methyl sites for hydroxylation is 1. The second-order valence-electron chi connectivity index (χ2n) is 9.66. The number of phenols is 1. The molecule has 0 saturated heterocycles. The van der Waals surface area contributed by atoms with Crippen molar-refractivity contribution in [2.24, 2.45) is 17.6 Å². The summed E-state index contributed by atoms with van der Waals surface area (Å²) in [5, 5.41) is 44.3. The molecule has 1 amide bonds. The number of aliphatic hydroxyl groups is 3. The molecule has 3 aliphatic carbocycles. The Morgan fingerprint density at radius 2 is 1.88 bits per heavy atom. The van der Waals surface area contributed by atoms with E-state index in [9.17, 15) is 34.8 Å². The highest BCUT2D eigenvalue weighted by Crippen LogP contribution is 2.53. The topological polar surface area (TPSA) is 161 Å². The van der Waals surface area contributed by atoms with Crippen LogP contribution in [0.2, 0.25) is 0 Å². The number of anilines is 1. The maximum absolute atomic E-state index is 13.6. The van der Waals surface area contributed by atoms with Gasteiger partial charge in [-0.15, -0.1) is 0 Å². The number of amides is 1. The summed E-state index contributed by atoms with van der Waals surface area (Å²) in [5.41, 5.74) is 4.01. The highest BCUT2D eigenvalue weighted by atomic mass is 16.3. The first kappa shape index (κ1) is 23.8. The highest BCUT2D eigenvalue weighted by Gasteiger charge is 2.60. The van der Waals surface area contributed by atoms with E-state index in [1.807, 2.05) is 32.0 Å². The number of phenolic OH excluding ortho intramolecular Hbond substituents is 1. The van der Waals surface area contributed by atoms with Gasteiger partial charge in [-0.2, -0.15) is 0 Å². The van der Waals surface area contributed by atoms with Gasteiger partial charge in [-0.05, 0) is 48.8 Å². The number of unbranched alkanes of at least 4 members (excludes halogenated alkanes) is 1. The molecule has 34 heavy (non-hydrogen) atoms. The number of Topliss-reactive ketones (excluding diaryl/α,β-unsaturated/α-hetero) is 2. The molecule has 0 radical (unpaired) electrons. The molecule has 1 aromatic carbocycles. The minimum absolute atomic E-state index is 0.115. The van der Waals surface area contributed by atoms with E-state index in [2.05, 4.69) is 0 Å². The Hall–Kier alpha value is -3.33. The predicted octanol–water partition coefficient (Wildman–Crippen LogP) is 1.83. The van der Waals surface area contributed by atoms with Crippen LogP contribution in [0.4, 0.5) is 5.69 Å². The standard InChI is InChI=1S/C25H30N2O7/c1-4-5-6-11-9-15(27(2)3)14-8-12-7-13-10-16(28)19(24(26)33)23(32)25(13,34)22(31)17(12)21(30)18(14)20(11)29/h9,12-13,29-30,32,34H,4-8,10H2,1-3H3,(H2,26,33)/t12-,13+,25+/m1/s1. The summed E-state index contributed by atoms with van der Waals surface area (Å²) in [6.07, 6.45) is 2.39. The molecule has 0 bridgehead atoms. The second-order valence-corrected chi connectivity index (χ2v) is 9.66. The number of rotatable bonds is 5. The number of carbonyl (C=O) groups is 3. The number of hydrogen-bond donors (Lipinski definition) is 5. The van der Waals surface area contributed by atoms with Gasteiger partial charge < -0.3 is 31.1 Å². The molecule has 0 aliphatic heterocycles. The lowest BCUT2D eigenvalue weighted by Gasteiger charge is -2.46. The summed E-state index contributed by atoms with van der Waals surface area (Å²) in [4.78, 5) is 39.7. The molecule has 1 fully saturated rings. The van der Waals surface area contributed by atoms with E-state index in [1.165, 1.54) is 0 Å². The largest absolute Gasteiger partial charge is 0.508 e. The van der Waals surface area contributed by atoms with Crippen LogP contribution in [-0.4, -0.2) is 57.6 Å². The van der Waals surface area contributed by atoms with E-state index in [0.717, 1.165) is 18.5 Å². The van der Waals surface area contributed by atoms with Crippen LogP contribution in [0.15, 0.2) is 23.0 Å². The monoisotopic (exact) mass is 470 g/mol. The number of fused-ring (bicyclic) bond motifs is 3. The van der Waals surface area contributed by atoms with Gasteiger partial charge in [-0.1, -0.05) is 13.3 Å². The van der Waals surface area contributed by atoms with E-state index in [0.29, 0.717) is 24.0 Å². The van der Waals surface area contributed by atoms with Crippen molar-refractivity contribution in [1.82, 2.24) is 0 Å². The van der Waals surface area contributed by atoms with Crippen molar-refractivity contribution >= 4 is 28.9 Å². The quantitative estimate of drug-likeness (QED) is 0.407. The van der Waals surface area contributed by atoms with Crippen molar-refractivity contribution in [1.29, 1.82) is 0 Å². The fourth-order valence-electron chi connectivity index (χ4n) is 5.68. The third-order valence-corrected chi connectivity index (χ3v) is 7.40. The minimum Gasteiger partial charge on any atom is -0.508 e. The number of hydrogen-bond acceptors (Lipinski definition) is 8. The maximum atomic E-state index is 13.6. The first-order valence-electron chi connectivity index (χ1n) is 11.5. The van der Waals surface area contributed by atoms with Gasteiger partial charge >= 0.3 is 0 Å². The van der Waals surface area contributed by atoms with Crippen LogP contribution in [-0.2, 0) is 27.2 Å². The van der Waals surface area contributed by atoms with Gasteiger partial charge in [0.2, 0.25) is 5.78 Å². The molecule has 9 nitrogen and oxygen atoms in total. The molecule has 0 unspecified atom stereocenters. The first-order chi connectivity index (χ1) is 15.9. The third kappa shape index (κ3) is 3.21. The molecule has 1 saturated carbocycles. The zero-order valence-electron chi connectivity index (χ0n) is 19.5. The maximum Gasteiger partial charge on any atom is 0.255 e. The lowest BCUT2D eigenvalue weighted by molar-refractivity contribution is -0.147. The lowest BCUT2D eigenvalue weighted by atomic mass is 9.59. The number of nitrogens with two attached hydrogens (primary N) is 1. The SMILES string of the molecule is CCCCc1cc(N(C)C)c2c(c1O)C(O)=C1C(=O)[C@]3(O)C(O)=C(C(N)=O)C(=O)C[C@@H]3C[C@@H]1C2. The first-order valence-corrected chi connectivity index (χ1v) is 11.5. The van der Waals surface area contributed by atoms with Crippen molar-refractivity contribution < 1.29 is 34.8 Å². The van der Waals surface area contributed by atoms with Gasteiger partial charge in [0.15, 0.2) is 11.4 Å². The van der Waals surface area contributed by atoms with E-state index >= 15 is 0 Å². The van der Waals surface area contributed by atoms with Crippen LogP contribution in [0.5, 0.6) is 5.75 Å². The zero-order chi connectivity index (χ0) is 25.1. The molecule has 6 N–H and O–H groups in total. The molecule has 9 heteroatoms. The lowest BCUT2D eigenvalue weighted by Crippen LogP contribution is -2.58. The Balaban J connectivity index is 1.94. The summed E-state index contributed by atoms with van der Waals surface area (Å²) in [7, 11) is 3.70. The molecule has 0 aromatic heterocycles. The molecule has 182 valence electrons. The van der Waals surface area contributed by atoms with E-state index in [4.69, 9.17) is 5.73 Å². The average Bonchev–Trinajstić information content (AvgIpc) is 2.75. The van der Waals surface area contributed by atoms with Crippen LogP contribution >= 0.6 is 0 Å². The van der Waals surface area contributed by atoms with Gasteiger partial charge in [0.25, 0.3) is 5.91 Å². The fraction of sp³-hybridized carbons (Fsp3) is 0.480. The molecule has 3 atom stereocenters. The van der Waals surface area contributed by atoms with E-state index in [1.54, 1.807) is 0 Å². The normalized spacial score (nSPS) is 26.2. The van der Waals surface area contributed by atoms with Crippen LogP contribution in [0, 0.1) is 11.8 Å². The summed E-state index contributed by atoms with van der Waals surface area (Å²) < 4.78 is 0. The Labute approximate surface area is 197 Å². The average molecular weight is 471 g/mol. The summed E-state index contributed by atoms with van der Waals surface area (Å²) in [6, 6.07) is 1.89. The van der Waals surface area contributed by atoms with Crippen molar-refractivity contribution in [3.05, 3.63) is 39.7 Å². The molecule has 0 spiro atoms.